The molecule has 1 aromatic carbocycles. The zero-order valence-corrected chi connectivity index (χ0v) is 13.3. The number of nitrogens with two attached hydrogens (primary N) is 1. The van der Waals surface area contributed by atoms with Crippen LogP contribution in [0.25, 0.3) is 11.0 Å². The van der Waals surface area contributed by atoms with Gasteiger partial charge in [-0.3, -0.25) is 0 Å². The highest BCUT2D eigenvalue weighted by Gasteiger charge is 2.25. The van der Waals surface area contributed by atoms with Crippen molar-refractivity contribution in [3.8, 4) is 0 Å². The minimum atomic E-state index is 0.563. The minimum absolute atomic E-state index is 0.563. The van der Waals surface area contributed by atoms with Gasteiger partial charge in [0.1, 0.15) is 17.8 Å². The SMILES string of the molecule is Nc1ncnc2[nH]c(C3CC3)cc12.c1ccc2c(c1)CCCC2. The van der Waals surface area contributed by atoms with E-state index in [4.69, 9.17) is 5.73 Å². The Labute approximate surface area is 136 Å². The number of aromatic nitrogens is 3. The van der Waals surface area contributed by atoms with E-state index in [0.29, 0.717) is 11.7 Å². The molecule has 0 unspecified atom stereocenters. The standard InChI is InChI=1S/C10H12.C9H10N4/c1-2-6-10-8-4-3-7-9(10)5-1;10-8-6-3-7(5-1-2-5)13-9(6)12-4-11-8/h1-2,5-6H,3-4,7-8H2;3-5H,1-2H2,(H3,10,11,12,13). The van der Waals surface area contributed by atoms with Crippen LogP contribution in [-0.4, -0.2) is 15.0 Å². The van der Waals surface area contributed by atoms with Gasteiger partial charge in [-0.25, -0.2) is 9.97 Å². The molecule has 0 atom stereocenters. The summed E-state index contributed by atoms with van der Waals surface area (Å²) in [7, 11) is 0. The lowest BCUT2D eigenvalue weighted by molar-refractivity contribution is 0.685. The Balaban J connectivity index is 0.000000122. The van der Waals surface area contributed by atoms with Gasteiger partial charge in [-0.2, -0.15) is 0 Å². The Bertz CT molecular complexity index is 792. The molecule has 0 aliphatic heterocycles. The maximum Gasteiger partial charge on any atom is 0.143 e. The number of H-pyrrole nitrogens is 1. The largest absolute Gasteiger partial charge is 0.383 e. The van der Waals surface area contributed by atoms with Crippen molar-refractivity contribution in [2.75, 3.05) is 5.73 Å². The lowest BCUT2D eigenvalue weighted by atomic mass is 9.92. The number of nitrogen functional groups attached to an aromatic ring is 1. The third-order valence-electron chi connectivity index (χ3n) is 4.76. The summed E-state index contributed by atoms with van der Waals surface area (Å²) in [4.78, 5) is 11.3. The molecule has 118 valence electrons. The second kappa shape index (κ2) is 6.03. The molecule has 4 nitrogen and oxygen atoms in total. The van der Waals surface area contributed by atoms with Gasteiger partial charge >= 0.3 is 0 Å². The van der Waals surface area contributed by atoms with Crippen molar-refractivity contribution in [3.63, 3.8) is 0 Å². The lowest BCUT2D eigenvalue weighted by Gasteiger charge is -2.13. The molecule has 5 rings (SSSR count). The van der Waals surface area contributed by atoms with Gasteiger partial charge in [0.15, 0.2) is 0 Å². The molecule has 0 amide bonds. The molecule has 0 bridgehead atoms. The summed E-state index contributed by atoms with van der Waals surface area (Å²) < 4.78 is 0. The van der Waals surface area contributed by atoms with E-state index in [2.05, 4.69) is 45.3 Å². The summed E-state index contributed by atoms with van der Waals surface area (Å²) in [6.07, 6.45) is 9.42. The van der Waals surface area contributed by atoms with Crippen molar-refractivity contribution in [2.45, 2.75) is 44.4 Å². The average molecular weight is 306 g/mol. The third kappa shape index (κ3) is 3.07. The fourth-order valence-electron chi connectivity index (χ4n) is 3.27. The molecule has 3 aromatic rings. The number of nitrogens with one attached hydrogen (secondary N) is 1. The average Bonchev–Trinajstić information content (AvgIpc) is 3.35. The number of aromatic amines is 1. The predicted molar refractivity (Wildman–Crippen MR) is 93.4 cm³/mol. The first kappa shape index (κ1) is 14.2. The topological polar surface area (TPSA) is 67.6 Å². The van der Waals surface area contributed by atoms with Crippen molar-refractivity contribution >= 4 is 16.9 Å². The monoisotopic (exact) mass is 306 g/mol. The fraction of sp³-hybridized carbons (Fsp3) is 0.368. The molecule has 23 heavy (non-hydrogen) atoms. The summed E-state index contributed by atoms with van der Waals surface area (Å²) in [5.41, 5.74) is 11.0. The quantitative estimate of drug-likeness (QED) is 0.714. The van der Waals surface area contributed by atoms with Crippen LogP contribution in [0.5, 0.6) is 0 Å². The van der Waals surface area contributed by atoms with Crippen LogP contribution < -0.4 is 5.73 Å². The summed E-state index contributed by atoms with van der Waals surface area (Å²) in [5.74, 6) is 1.27. The van der Waals surface area contributed by atoms with Crippen molar-refractivity contribution in [3.05, 3.63) is 53.5 Å². The zero-order valence-electron chi connectivity index (χ0n) is 13.3. The maximum absolute atomic E-state index is 5.72. The second-order valence-corrected chi connectivity index (χ2v) is 6.50. The smallest absolute Gasteiger partial charge is 0.143 e. The lowest BCUT2D eigenvalue weighted by Crippen LogP contribution is -2.00. The molecule has 2 aliphatic rings. The summed E-state index contributed by atoms with van der Waals surface area (Å²) in [6.45, 7) is 0. The molecule has 3 N–H and O–H groups in total. The zero-order chi connectivity index (χ0) is 15.6. The maximum atomic E-state index is 5.72. The molecule has 0 radical (unpaired) electrons. The van der Waals surface area contributed by atoms with Crippen LogP contribution in [0.3, 0.4) is 0 Å². The molecular weight excluding hydrogens is 284 g/mol. The normalized spacial score (nSPS) is 16.5. The van der Waals surface area contributed by atoms with Gasteiger partial charge < -0.3 is 10.7 Å². The van der Waals surface area contributed by atoms with Gasteiger partial charge in [-0.15, -0.1) is 0 Å². The molecule has 2 aromatic heterocycles. The Hall–Kier alpha value is -2.36. The number of benzene rings is 1. The van der Waals surface area contributed by atoms with Crippen LogP contribution >= 0.6 is 0 Å². The molecule has 2 heterocycles. The second-order valence-electron chi connectivity index (χ2n) is 6.50. The first-order valence-electron chi connectivity index (χ1n) is 8.47. The molecule has 1 saturated carbocycles. The van der Waals surface area contributed by atoms with Crippen LogP contribution in [-0.2, 0) is 12.8 Å². The summed E-state index contributed by atoms with van der Waals surface area (Å²) in [6, 6.07) is 10.9. The van der Waals surface area contributed by atoms with Crippen LogP contribution in [0.1, 0.15) is 48.4 Å². The van der Waals surface area contributed by atoms with Gasteiger partial charge in [0.25, 0.3) is 0 Å². The molecular formula is C19H22N4. The first-order chi connectivity index (χ1) is 11.3. The Morgan fingerprint density at radius 1 is 1.00 bits per heavy atom. The van der Waals surface area contributed by atoms with Gasteiger partial charge in [-0.05, 0) is 61.6 Å². The highest BCUT2D eigenvalue weighted by Crippen LogP contribution is 2.40. The van der Waals surface area contributed by atoms with E-state index in [1.807, 2.05) is 0 Å². The summed E-state index contributed by atoms with van der Waals surface area (Å²) >= 11 is 0. The molecule has 4 heteroatoms. The number of hydrogen-bond donors (Lipinski definition) is 2. The first-order valence-corrected chi connectivity index (χ1v) is 8.47. The summed E-state index contributed by atoms with van der Waals surface area (Å²) in [5, 5.41) is 0.949. The van der Waals surface area contributed by atoms with E-state index in [1.165, 1.54) is 50.5 Å². The Morgan fingerprint density at radius 3 is 2.30 bits per heavy atom. The van der Waals surface area contributed by atoms with E-state index >= 15 is 0 Å². The van der Waals surface area contributed by atoms with Crippen LogP contribution in [0.2, 0.25) is 0 Å². The number of nitrogens with zero attached hydrogens (tertiary/aromatic N) is 2. The van der Waals surface area contributed by atoms with E-state index in [0.717, 1.165) is 11.0 Å². The van der Waals surface area contributed by atoms with Crippen molar-refractivity contribution in [1.29, 1.82) is 0 Å². The molecule has 0 spiro atoms. The van der Waals surface area contributed by atoms with Crippen LogP contribution in [0, 0.1) is 0 Å². The van der Waals surface area contributed by atoms with E-state index in [1.54, 1.807) is 11.1 Å². The van der Waals surface area contributed by atoms with Crippen molar-refractivity contribution in [2.24, 2.45) is 0 Å². The fourth-order valence-corrected chi connectivity index (χ4v) is 3.27. The van der Waals surface area contributed by atoms with Crippen LogP contribution in [0.15, 0.2) is 36.7 Å². The van der Waals surface area contributed by atoms with Crippen molar-refractivity contribution < 1.29 is 0 Å². The Kier molecular flexibility index (Phi) is 3.74. The third-order valence-corrected chi connectivity index (χ3v) is 4.76. The van der Waals surface area contributed by atoms with E-state index in [9.17, 15) is 0 Å². The van der Waals surface area contributed by atoms with Gasteiger partial charge in [0.2, 0.25) is 0 Å². The van der Waals surface area contributed by atoms with Gasteiger partial charge in [0, 0.05) is 5.69 Å². The van der Waals surface area contributed by atoms with Crippen molar-refractivity contribution in [1.82, 2.24) is 15.0 Å². The molecule has 1 fully saturated rings. The molecule has 2 aliphatic carbocycles. The van der Waals surface area contributed by atoms with E-state index in [-0.39, 0.29) is 0 Å². The number of rotatable bonds is 1. The van der Waals surface area contributed by atoms with Gasteiger partial charge in [0.05, 0.1) is 5.39 Å². The highest BCUT2D eigenvalue weighted by atomic mass is 15.0. The van der Waals surface area contributed by atoms with Gasteiger partial charge in [-0.1, -0.05) is 24.3 Å². The number of hydrogen-bond acceptors (Lipinski definition) is 3. The number of fused-ring (bicyclic) bond motifs is 2. The highest BCUT2D eigenvalue weighted by molar-refractivity contribution is 5.86. The Morgan fingerprint density at radius 2 is 1.70 bits per heavy atom. The predicted octanol–water partition coefficient (Wildman–Crippen LogP) is 3.98. The number of aryl methyl sites for hydroxylation is 2. The molecule has 0 saturated heterocycles. The minimum Gasteiger partial charge on any atom is -0.383 e. The number of anilines is 1. The van der Waals surface area contributed by atoms with E-state index < -0.39 is 0 Å². The van der Waals surface area contributed by atoms with Crippen LogP contribution in [0.4, 0.5) is 5.82 Å².